The molecule has 0 aliphatic heterocycles. The van der Waals surface area contributed by atoms with E-state index < -0.39 is 0 Å². The van der Waals surface area contributed by atoms with E-state index in [0.29, 0.717) is 30.9 Å². The van der Waals surface area contributed by atoms with Gasteiger partial charge < -0.3 is 10.2 Å². The van der Waals surface area contributed by atoms with Crippen molar-refractivity contribution in [2.75, 3.05) is 13.6 Å². The van der Waals surface area contributed by atoms with Gasteiger partial charge in [0.2, 0.25) is 11.8 Å². The number of nitrogens with two attached hydrogens (primary N) is 1. The smallest absolute Gasteiger partial charge is 0.247 e. The summed E-state index contributed by atoms with van der Waals surface area (Å²) < 4.78 is 5.73. The molecule has 3 rings (SSSR count). The molecule has 0 spiro atoms. The van der Waals surface area contributed by atoms with Crippen LogP contribution in [0.4, 0.5) is 0 Å². The van der Waals surface area contributed by atoms with Crippen LogP contribution in [0.1, 0.15) is 18.7 Å². The average Bonchev–Trinajstić information content (AvgIpc) is 3.19. The lowest BCUT2D eigenvalue weighted by Crippen LogP contribution is -2.39. The van der Waals surface area contributed by atoms with Gasteiger partial charge in [-0.1, -0.05) is 18.2 Å². The minimum Gasteiger partial charge on any atom is -0.419 e. The van der Waals surface area contributed by atoms with Crippen molar-refractivity contribution in [2.45, 2.75) is 25.4 Å². The Labute approximate surface area is 118 Å². The minimum atomic E-state index is 0.419. The summed E-state index contributed by atoms with van der Waals surface area (Å²) in [4.78, 5) is 2.22. The van der Waals surface area contributed by atoms with Crippen molar-refractivity contribution in [1.82, 2.24) is 15.1 Å². The molecule has 20 heavy (non-hydrogen) atoms. The number of hydrogen-bond acceptors (Lipinski definition) is 5. The Balaban J connectivity index is 1.68. The van der Waals surface area contributed by atoms with Crippen LogP contribution in [0.2, 0.25) is 0 Å². The Kier molecular flexibility index (Phi) is 3.80. The Morgan fingerprint density at radius 1 is 1.30 bits per heavy atom. The fourth-order valence-corrected chi connectivity index (χ4v) is 2.56. The second-order valence-corrected chi connectivity index (χ2v) is 5.42. The first-order valence-corrected chi connectivity index (χ1v) is 7.06. The maximum Gasteiger partial charge on any atom is 0.247 e. The molecule has 1 aromatic carbocycles. The van der Waals surface area contributed by atoms with Crippen LogP contribution in [0.15, 0.2) is 34.7 Å². The number of rotatable bonds is 6. The molecule has 1 atom stereocenters. The lowest BCUT2D eigenvalue weighted by molar-refractivity contribution is 0.197. The van der Waals surface area contributed by atoms with Crippen molar-refractivity contribution in [3.63, 3.8) is 0 Å². The number of nitrogens with zero attached hydrogens (tertiary/aromatic N) is 3. The van der Waals surface area contributed by atoms with Crippen molar-refractivity contribution < 1.29 is 4.42 Å². The second kappa shape index (κ2) is 5.73. The monoisotopic (exact) mass is 272 g/mol. The van der Waals surface area contributed by atoms with E-state index in [0.717, 1.165) is 11.5 Å². The van der Waals surface area contributed by atoms with E-state index in [1.165, 1.54) is 12.8 Å². The molecule has 1 fully saturated rings. The zero-order chi connectivity index (χ0) is 13.9. The second-order valence-electron chi connectivity index (χ2n) is 5.42. The summed E-state index contributed by atoms with van der Waals surface area (Å²) >= 11 is 0. The molecule has 1 aliphatic rings. The molecule has 1 unspecified atom stereocenters. The van der Waals surface area contributed by atoms with Crippen molar-refractivity contribution in [2.24, 2.45) is 11.7 Å². The van der Waals surface area contributed by atoms with Crippen molar-refractivity contribution in [1.29, 1.82) is 0 Å². The normalized spacial score (nSPS) is 16.6. The molecule has 2 N–H and O–H groups in total. The van der Waals surface area contributed by atoms with Crippen LogP contribution in [-0.4, -0.2) is 34.7 Å². The molecule has 0 radical (unpaired) electrons. The number of hydrogen-bond donors (Lipinski definition) is 1. The van der Waals surface area contributed by atoms with Gasteiger partial charge in [-0.25, -0.2) is 0 Å². The highest BCUT2D eigenvalue weighted by molar-refractivity contribution is 5.51. The van der Waals surface area contributed by atoms with Gasteiger partial charge >= 0.3 is 0 Å². The van der Waals surface area contributed by atoms with Crippen LogP contribution in [0.3, 0.4) is 0 Å². The Hall–Kier alpha value is -1.72. The Morgan fingerprint density at radius 3 is 2.70 bits per heavy atom. The van der Waals surface area contributed by atoms with Crippen molar-refractivity contribution in [3.8, 4) is 11.5 Å². The van der Waals surface area contributed by atoms with E-state index in [1.807, 2.05) is 30.3 Å². The van der Waals surface area contributed by atoms with Gasteiger partial charge in [0.25, 0.3) is 0 Å². The van der Waals surface area contributed by atoms with E-state index in [2.05, 4.69) is 22.1 Å². The topological polar surface area (TPSA) is 68.2 Å². The summed E-state index contributed by atoms with van der Waals surface area (Å²) in [6.07, 6.45) is 2.57. The first-order chi connectivity index (χ1) is 9.78. The van der Waals surface area contributed by atoms with Gasteiger partial charge in [0.1, 0.15) is 0 Å². The van der Waals surface area contributed by atoms with Gasteiger partial charge in [-0.3, -0.25) is 4.90 Å². The number of likely N-dealkylation sites (N-methyl/N-ethyl adjacent to an activating group) is 1. The molecule has 1 aromatic heterocycles. The predicted molar refractivity (Wildman–Crippen MR) is 76.8 cm³/mol. The summed E-state index contributed by atoms with van der Waals surface area (Å²) in [5.41, 5.74) is 6.81. The molecule has 0 bridgehead atoms. The molecule has 106 valence electrons. The molecule has 5 heteroatoms. The van der Waals surface area contributed by atoms with Gasteiger partial charge in [0.05, 0.1) is 6.54 Å². The number of aromatic nitrogens is 2. The highest BCUT2D eigenvalue weighted by Gasteiger charge is 2.33. The summed E-state index contributed by atoms with van der Waals surface area (Å²) in [5.74, 6) is 1.96. The first-order valence-electron chi connectivity index (χ1n) is 7.06. The summed E-state index contributed by atoms with van der Waals surface area (Å²) in [6, 6.07) is 10.2. The lowest BCUT2D eigenvalue weighted by atomic mass is 10.1. The highest BCUT2D eigenvalue weighted by Crippen LogP contribution is 2.34. The van der Waals surface area contributed by atoms with Crippen LogP contribution >= 0.6 is 0 Å². The third kappa shape index (κ3) is 2.89. The molecule has 1 heterocycles. The fourth-order valence-electron chi connectivity index (χ4n) is 2.56. The molecule has 2 aromatic rings. The predicted octanol–water partition coefficient (Wildman–Crippen LogP) is 1.91. The van der Waals surface area contributed by atoms with E-state index >= 15 is 0 Å². The summed E-state index contributed by atoms with van der Waals surface area (Å²) in [5, 5.41) is 8.24. The van der Waals surface area contributed by atoms with Crippen molar-refractivity contribution in [3.05, 3.63) is 36.2 Å². The van der Waals surface area contributed by atoms with Gasteiger partial charge in [-0.15, -0.1) is 10.2 Å². The largest absolute Gasteiger partial charge is 0.419 e. The van der Waals surface area contributed by atoms with Crippen molar-refractivity contribution >= 4 is 0 Å². The van der Waals surface area contributed by atoms with Crippen LogP contribution in [-0.2, 0) is 6.54 Å². The molecular weight excluding hydrogens is 252 g/mol. The quantitative estimate of drug-likeness (QED) is 0.870. The van der Waals surface area contributed by atoms with Gasteiger partial charge in [0.15, 0.2) is 0 Å². The maximum atomic E-state index is 5.86. The zero-order valence-electron chi connectivity index (χ0n) is 11.7. The standard InChI is InChI=1S/C15H20N4O/c1-19(13(9-16)11-7-8-11)10-14-17-18-15(20-14)12-5-3-2-4-6-12/h2-6,11,13H,7-10,16H2,1H3. The Bertz CT molecular complexity index is 550. The molecular formula is C15H20N4O. The molecule has 5 nitrogen and oxygen atoms in total. The van der Waals surface area contributed by atoms with Gasteiger partial charge in [-0.2, -0.15) is 0 Å². The van der Waals surface area contributed by atoms with E-state index in [4.69, 9.17) is 10.2 Å². The molecule has 0 saturated heterocycles. The van der Waals surface area contributed by atoms with Crippen LogP contribution < -0.4 is 5.73 Å². The fraction of sp³-hybridized carbons (Fsp3) is 0.467. The third-order valence-electron chi connectivity index (χ3n) is 3.85. The lowest BCUT2D eigenvalue weighted by Gasteiger charge is -2.25. The van der Waals surface area contributed by atoms with Crippen LogP contribution in [0.5, 0.6) is 0 Å². The molecule has 1 aliphatic carbocycles. The maximum absolute atomic E-state index is 5.86. The highest BCUT2D eigenvalue weighted by atomic mass is 16.4. The van der Waals surface area contributed by atoms with Gasteiger partial charge in [0, 0.05) is 18.2 Å². The minimum absolute atomic E-state index is 0.419. The van der Waals surface area contributed by atoms with Crippen LogP contribution in [0.25, 0.3) is 11.5 Å². The summed E-state index contributed by atoms with van der Waals surface area (Å²) in [6.45, 7) is 1.33. The van der Waals surface area contributed by atoms with E-state index in [9.17, 15) is 0 Å². The molecule has 0 amide bonds. The SMILES string of the molecule is CN(Cc1nnc(-c2ccccc2)o1)C(CN)C1CC1. The third-order valence-corrected chi connectivity index (χ3v) is 3.85. The van der Waals surface area contributed by atoms with Crippen LogP contribution in [0, 0.1) is 5.92 Å². The van der Waals surface area contributed by atoms with E-state index in [1.54, 1.807) is 0 Å². The van der Waals surface area contributed by atoms with E-state index in [-0.39, 0.29) is 0 Å². The zero-order valence-corrected chi connectivity index (χ0v) is 11.7. The number of benzene rings is 1. The molecule has 1 saturated carbocycles. The Morgan fingerprint density at radius 2 is 2.05 bits per heavy atom. The average molecular weight is 272 g/mol. The summed E-state index contributed by atoms with van der Waals surface area (Å²) in [7, 11) is 2.07. The van der Waals surface area contributed by atoms with Gasteiger partial charge in [-0.05, 0) is 37.9 Å². The first kappa shape index (κ1) is 13.3.